The molecule has 4 bridgehead atoms. The second-order valence-corrected chi connectivity index (χ2v) is 10.9. The van der Waals surface area contributed by atoms with E-state index in [4.69, 9.17) is 39.7 Å². The van der Waals surface area contributed by atoms with Gasteiger partial charge in [-0.1, -0.05) is 17.7 Å². The van der Waals surface area contributed by atoms with Gasteiger partial charge >= 0.3 is 0 Å². The smallest absolute Gasteiger partial charge is 0.260 e. The topological polar surface area (TPSA) is 127 Å². The summed E-state index contributed by atoms with van der Waals surface area (Å²) in [7, 11) is -2.80. The molecule has 3 unspecified atom stereocenters. The Morgan fingerprint density at radius 1 is 1.03 bits per heavy atom. The molecule has 4 saturated carbocycles. The summed E-state index contributed by atoms with van der Waals surface area (Å²) < 4.78 is 40.8. The average Bonchev–Trinajstić information content (AvgIpc) is 2.82. The zero-order valence-corrected chi connectivity index (χ0v) is 19.1. The number of halogens is 1. The molecule has 188 valence electrons. The molecule has 2 aliphatic heterocycles. The highest BCUT2D eigenvalue weighted by molar-refractivity contribution is 6.32. The number of ether oxygens (including phenoxy) is 3. The number of rotatable bonds is 5. The largest absolute Gasteiger partial charge is 0.460 e. The summed E-state index contributed by atoms with van der Waals surface area (Å²) in [5.41, 5.74) is -0.658. The van der Waals surface area contributed by atoms with E-state index >= 15 is 0 Å². The molecular formula is C24H31ClO9. The first kappa shape index (κ1) is 20.1. The number of hydrogen-bond acceptors (Lipinski definition) is 9. The summed E-state index contributed by atoms with van der Waals surface area (Å²) in [5.74, 6) is -0.447. The van der Waals surface area contributed by atoms with Gasteiger partial charge in [-0.05, 0) is 67.9 Å². The fraction of sp³-hybridized carbons (Fsp3) is 0.750. The lowest BCUT2D eigenvalue weighted by atomic mass is 9.47. The Morgan fingerprint density at radius 3 is 2.32 bits per heavy atom. The van der Waals surface area contributed by atoms with Crippen LogP contribution >= 0.6 is 11.6 Å². The van der Waals surface area contributed by atoms with Crippen molar-refractivity contribution >= 4 is 11.6 Å². The highest BCUT2D eigenvalue weighted by Gasteiger charge is 2.76. The van der Waals surface area contributed by atoms with Gasteiger partial charge < -0.3 is 34.6 Å². The van der Waals surface area contributed by atoms with Crippen molar-refractivity contribution in [3.63, 3.8) is 0 Å². The van der Waals surface area contributed by atoms with Crippen LogP contribution < -0.4 is 4.74 Å². The molecule has 6 fully saturated rings. The van der Waals surface area contributed by atoms with E-state index in [1.54, 1.807) is 6.07 Å². The third-order valence-electron chi connectivity index (χ3n) is 8.71. The second-order valence-electron chi connectivity index (χ2n) is 10.4. The van der Waals surface area contributed by atoms with E-state index in [0.29, 0.717) is 17.4 Å². The fourth-order valence-electron chi connectivity index (χ4n) is 7.29. The van der Waals surface area contributed by atoms with Crippen LogP contribution in [-0.4, -0.2) is 70.4 Å². The molecule has 0 amide bonds. The van der Waals surface area contributed by atoms with Gasteiger partial charge in [-0.25, -0.2) is 4.89 Å². The van der Waals surface area contributed by atoms with Crippen molar-refractivity contribution in [3.05, 3.63) is 28.8 Å². The van der Waals surface area contributed by atoms with Gasteiger partial charge in [0.1, 0.15) is 30.2 Å². The summed E-state index contributed by atoms with van der Waals surface area (Å²) >= 11 is 6.39. The molecule has 2 saturated heterocycles. The Bertz CT molecular complexity index is 1010. The van der Waals surface area contributed by atoms with Crippen LogP contribution in [0.15, 0.2) is 18.2 Å². The summed E-state index contributed by atoms with van der Waals surface area (Å²) in [5, 5.41) is 40.2. The zero-order valence-electron chi connectivity index (χ0n) is 21.4. The van der Waals surface area contributed by atoms with E-state index < -0.39 is 55.7 Å². The Balaban J connectivity index is 1.37. The molecule has 1 aromatic carbocycles. The minimum atomic E-state index is -2.80. The fourth-order valence-corrected chi connectivity index (χ4v) is 7.45. The minimum Gasteiger partial charge on any atom is -0.460 e. The molecule has 10 heteroatoms. The Kier molecular flexibility index (Phi) is 4.88. The summed E-state index contributed by atoms with van der Waals surface area (Å²) in [6, 6.07) is 4.56. The van der Waals surface area contributed by atoms with Gasteiger partial charge in [0.15, 0.2) is 5.60 Å². The first-order valence-electron chi connectivity index (χ1n) is 13.3. The Labute approximate surface area is 206 Å². The van der Waals surface area contributed by atoms with Gasteiger partial charge in [-0.15, -0.1) is 0 Å². The van der Waals surface area contributed by atoms with Crippen LogP contribution in [0.3, 0.4) is 0 Å². The van der Waals surface area contributed by atoms with E-state index in [-0.39, 0.29) is 22.6 Å². The lowest BCUT2D eigenvalue weighted by Gasteiger charge is -2.68. The van der Waals surface area contributed by atoms with Gasteiger partial charge in [-0.3, -0.25) is 0 Å². The van der Waals surface area contributed by atoms with Crippen molar-refractivity contribution in [2.45, 2.75) is 74.2 Å². The van der Waals surface area contributed by atoms with Crippen molar-refractivity contribution in [2.75, 3.05) is 13.6 Å². The highest BCUT2D eigenvalue weighted by Crippen LogP contribution is 2.69. The molecule has 7 rings (SSSR count). The SMILES string of the molecule is [2H]C([2H])([2H])OC1(c2ccc(Cl)c(O[C@@H]3OC(CO)[C@@H](O)C(O)[C@@H]3O)c2)OOC12C1CC3CC(C1)CC2C3. The molecule has 1 spiro atoms. The van der Waals surface area contributed by atoms with Gasteiger partial charge in [0.2, 0.25) is 6.29 Å². The number of benzene rings is 1. The third kappa shape index (κ3) is 3.09. The standard InChI is InChI=1S/C24H31ClO9/c1-30-24(23(33-34-24)14-5-11-4-12(7-14)8-15(23)6-11)13-2-3-16(25)17(9-13)31-22-21(29)20(28)19(27)18(10-26)32-22/h2-3,9,11-12,14-15,18-22,26-29H,4-8,10H2,1H3/t11?,12?,14?,15?,18?,19-,20?,21+,22-,23?,24?/m1/s1/i1D3. The first-order valence-corrected chi connectivity index (χ1v) is 12.2. The lowest BCUT2D eigenvalue weighted by molar-refractivity contribution is -0.645. The van der Waals surface area contributed by atoms with Crippen molar-refractivity contribution in [2.24, 2.45) is 23.7 Å². The second kappa shape index (κ2) is 8.26. The van der Waals surface area contributed by atoms with E-state index in [1.807, 2.05) is 0 Å². The third-order valence-corrected chi connectivity index (χ3v) is 9.02. The molecule has 0 aromatic heterocycles. The van der Waals surface area contributed by atoms with Crippen molar-refractivity contribution in [1.82, 2.24) is 0 Å². The molecule has 2 heterocycles. The molecule has 6 aliphatic rings. The lowest BCUT2D eigenvalue weighted by Crippen LogP contribution is -2.76. The molecule has 0 radical (unpaired) electrons. The summed E-state index contributed by atoms with van der Waals surface area (Å²) in [4.78, 5) is 11.6. The number of aliphatic hydroxyl groups is 4. The van der Waals surface area contributed by atoms with Crippen molar-refractivity contribution in [1.29, 1.82) is 0 Å². The normalized spacial score (nSPS) is 51.0. The summed E-state index contributed by atoms with van der Waals surface area (Å²) in [6.07, 6.45) is -2.66. The van der Waals surface area contributed by atoms with E-state index in [1.165, 1.54) is 18.6 Å². The maximum absolute atomic E-state index is 10.4. The Hall–Kier alpha value is -1.01. The molecule has 6 atom stereocenters. The molecule has 9 nitrogen and oxygen atoms in total. The van der Waals surface area contributed by atoms with Gasteiger partial charge in [0.05, 0.1) is 15.7 Å². The van der Waals surface area contributed by atoms with Crippen LogP contribution in [0.2, 0.25) is 5.02 Å². The highest BCUT2D eigenvalue weighted by atomic mass is 35.5. The quantitative estimate of drug-likeness (QED) is 0.443. The van der Waals surface area contributed by atoms with Gasteiger partial charge in [-0.2, -0.15) is 4.89 Å². The number of methoxy groups -OCH3 is 1. The maximum Gasteiger partial charge on any atom is 0.260 e. The summed E-state index contributed by atoms with van der Waals surface area (Å²) in [6.45, 7) is -0.618. The molecule has 1 aromatic rings. The predicted molar refractivity (Wildman–Crippen MR) is 116 cm³/mol. The van der Waals surface area contributed by atoms with Crippen LogP contribution in [0.1, 0.15) is 41.8 Å². The van der Waals surface area contributed by atoms with Crippen LogP contribution in [0, 0.1) is 23.7 Å². The maximum atomic E-state index is 10.4. The zero-order chi connectivity index (χ0) is 26.3. The van der Waals surface area contributed by atoms with Crippen LogP contribution in [0.25, 0.3) is 0 Å². The molecule has 4 N–H and O–H groups in total. The number of aliphatic hydroxyl groups excluding tert-OH is 4. The first-order chi connectivity index (χ1) is 17.5. The van der Waals surface area contributed by atoms with Crippen LogP contribution in [-0.2, 0) is 25.0 Å². The molecular weight excluding hydrogens is 468 g/mol. The van der Waals surface area contributed by atoms with Gasteiger partial charge in [0.25, 0.3) is 5.79 Å². The van der Waals surface area contributed by atoms with Crippen LogP contribution in [0.4, 0.5) is 0 Å². The van der Waals surface area contributed by atoms with Gasteiger partial charge in [0, 0.05) is 12.6 Å². The molecule has 34 heavy (non-hydrogen) atoms. The van der Waals surface area contributed by atoms with E-state index in [0.717, 1.165) is 25.7 Å². The monoisotopic (exact) mass is 501 g/mol. The Morgan fingerprint density at radius 2 is 1.74 bits per heavy atom. The number of hydrogen-bond donors (Lipinski definition) is 4. The predicted octanol–water partition coefficient (Wildman–Crippen LogP) is 1.47. The van der Waals surface area contributed by atoms with Crippen LogP contribution in [0.5, 0.6) is 5.75 Å². The van der Waals surface area contributed by atoms with E-state index in [9.17, 15) is 20.4 Å². The van der Waals surface area contributed by atoms with E-state index in [2.05, 4.69) is 0 Å². The van der Waals surface area contributed by atoms with Crippen molar-refractivity contribution in [3.8, 4) is 5.75 Å². The average molecular weight is 502 g/mol. The minimum absolute atomic E-state index is 0.00600. The van der Waals surface area contributed by atoms with Crippen molar-refractivity contribution < 1.29 is 48.5 Å². The molecule has 4 aliphatic carbocycles.